The molecular formula is C19H30N2O. The quantitative estimate of drug-likeness (QED) is 0.707. The second-order valence-corrected chi connectivity index (χ2v) is 6.62. The van der Waals surface area contributed by atoms with Gasteiger partial charge in [-0.05, 0) is 62.8 Å². The van der Waals surface area contributed by atoms with Crippen molar-refractivity contribution in [3.8, 4) is 0 Å². The summed E-state index contributed by atoms with van der Waals surface area (Å²) in [5.41, 5.74) is 9.38. The lowest BCUT2D eigenvalue weighted by Gasteiger charge is -2.23. The summed E-state index contributed by atoms with van der Waals surface area (Å²) in [6.45, 7) is 5.80. The van der Waals surface area contributed by atoms with E-state index < -0.39 is 0 Å². The summed E-state index contributed by atoms with van der Waals surface area (Å²) in [7, 11) is 0. The Bertz CT molecular complexity index is 494. The van der Waals surface area contributed by atoms with Gasteiger partial charge in [-0.15, -0.1) is 0 Å². The zero-order valence-corrected chi connectivity index (χ0v) is 14.1. The van der Waals surface area contributed by atoms with E-state index in [1.165, 1.54) is 29.5 Å². The summed E-state index contributed by atoms with van der Waals surface area (Å²) >= 11 is 0. The molecule has 3 heteroatoms. The van der Waals surface area contributed by atoms with Crippen LogP contribution in [0.1, 0.15) is 61.6 Å². The van der Waals surface area contributed by atoms with E-state index in [0.717, 1.165) is 38.8 Å². The normalized spacial score (nSPS) is 14.1. The molecule has 1 aromatic carbocycles. The standard InChI is InChI=1S/C19H30N2O/c1-15-8-9-17(13-16(15)2)14-21(18-10-11-18)19(22)7-5-3-4-6-12-20/h8-9,13,18H,3-7,10-12,14,20H2,1-2H3. The fraction of sp³-hybridized carbons (Fsp3) is 0.632. The van der Waals surface area contributed by atoms with E-state index in [-0.39, 0.29) is 0 Å². The summed E-state index contributed by atoms with van der Waals surface area (Å²) in [5, 5.41) is 0. The van der Waals surface area contributed by atoms with E-state index in [2.05, 4.69) is 36.9 Å². The maximum atomic E-state index is 12.5. The van der Waals surface area contributed by atoms with E-state index in [0.29, 0.717) is 18.4 Å². The molecule has 1 aromatic rings. The second kappa shape index (κ2) is 8.33. The van der Waals surface area contributed by atoms with E-state index in [1.54, 1.807) is 0 Å². The van der Waals surface area contributed by atoms with Gasteiger partial charge in [0.15, 0.2) is 0 Å². The highest BCUT2D eigenvalue weighted by atomic mass is 16.2. The van der Waals surface area contributed by atoms with Gasteiger partial charge in [0.25, 0.3) is 0 Å². The summed E-state index contributed by atoms with van der Waals surface area (Å²) in [6.07, 6.45) is 7.35. The number of benzene rings is 1. The molecule has 0 spiro atoms. The molecule has 0 radical (unpaired) electrons. The van der Waals surface area contributed by atoms with Crippen molar-refractivity contribution in [1.82, 2.24) is 4.90 Å². The molecule has 0 bridgehead atoms. The van der Waals surface area contributed by atoms with Gasteiger partial charge in [0.1, 0.15) is 0 Å². The van der Waals surface area contributed by atoms with Crippen molar-refractivity contribution in [2.24, 2.45) is 5.73 Å². The molecule has 3 nitrogen and oxygen atoms in total. The Morgan fingerprint density at radius 1 is 1.14 bits per heavy atom. The van der Waals surface area contributed by atoms with Crippen LogP contribution in [0.2, 0.25) is 0 Å². The predicted molar refractivity (Wildman–Crippen MR) is 91.6 cm³/mol. The zero-order chi connectivity index (χ0) is 15.9. The van der Waals surface area contributed by atoms with Gasteiger partial charge >= 0.3 is 0 Å². The van der Waals surface area contributed by atoms with E-state index in [9.17, 15) is 4.79 Å². The number of amides is 1. The van der Waals surface area contributed by atoms with Gasteiger partial charge in [0, 0.05) is 19.0 Å². The van der Waals surface area contributed by atoms with Crippen molar-refractivity contribution in [3.05, 3.63) is 34.9 Å². The average molecular weight is 302 g/mol. The summed E-state index contributed by atoms with van der Waals surface area (Å²) in [5.74, 6) is 0.327. The topological polar surface area (TPSA) is 46.3 Å². The van der Waals surface area contributed by atoms with Crippen LogP contribution in [0.15, 0.2) is 18.2 Å². The third kappa shape index (κ3) is 5.13. The van der Waals surface area contributed by atoms with Crippen molar-refractivity contribution in [3.63, 3.8) is 0 Å². The number of carbonyl (C=O) groups is 1. The van der Waals surface area contributed by atoms with Crippen LogP contribution in [-0.4, -0.2) is 23.4 Å². The maximum Gasteiger partial charge on any atom is 0.223 e. The predicted octanol–water partition coefficient (Wildman–Crippen LogP) is 3.70. The van der Waals surface area contributed by atoms with Crippen molar-refractivity contribution in [2.75, 3.05) is 6.54 Å². The second-order valence-electron chi connectivity index (χ2n) is 6.62. The van der Waals surface area contributed by atoms with Gasteiger partial charge in [-0.1, -0.05) is 31.0 Å². The van der Waals surface area contributed by atoms with Crippen LogP contribution >= 0.6 is 0 Å². The number of unbranched alkanes of at least 4 members (excludes halogenated alkanes) is 3. The Morgan fingerprint density at radius 3 is 2.50 bits per heavy atom. The fourth-order valence-electron chi connectivity index (χ4n) is 2.82. The molecule has 0 heterocycles. The lowest BCUT2D eigenvalue weighted by molar-refractivity contribution is -0.132. The Labute approximate surface area is 134 Å². The molecule has 1 aliphatic rings. The summed E-state index contributed by atoms with van der Waals surface area (Å²) < 4.78 is 0. The first kappa shape index (κ1) is 17.0. The van der Waals surface area contributed by atoms with Gasteiger partial charge in [-0.25, -0.2) is 0 Å². The SMILES string of the molecule is Cc1ccc(CN(C(=O)CCCCCCN)C2CC2)cc1C. The molecule has 0 unspecified atom stereocenters. The molecule has 0 atom stereocenters. The largest absolute Gasteiger partial charge is 0.335 e. The third-order valence-electron chi connectivity index (χ3n) is 4.58. The first-order chi connectivity index (χ1) is 10.6. The fourth-order valence-corrected chi connectivity index (χ4v) is 2.82. The lowest BCUT2D eigenvalue weighted by Crippen LogP contribution is -2.32. The third-order valence-corrected chi connectivity index (χ3v) is 4.58. The van der Waals surface area contributed by atoms with Crippen LogP contribution in [0.25, 0.3) is 0 Å². The van der Waals surface area contributed by atoms with Crippen LogP contribution in [0, 0.1) is 13.8 Å². The molecule has 0 saturated heterocycles. The van der Waals surface area contributed by atoms with Crippen LogP contribution in [0.4, 0.5) is 0 Å². The van der Waals surface area contributed by atoms with Gasteiger partial charge < -0.3 is 10.6 Å². The Balaban J connectivity index is 1.86. The van der Waals surface area contributed by atoms with Gasteiger partial charge in [-0.3, -0.25) is 4.79 Å². The molecule has 22 heavy (non-hydrogen) atoms. The summed E-state index contributed by atoms with van der Waals surface area (Å²) in [4.78, 5) is 14.6. The van der Waals surface area contributed by atoms with Crippen LogP contribution in [0.5, 0.6) is 0 Å². The Kier molecular flexibility index (Phi) is 6.44. The van der Waals surface area contributed by atoms with Crippen molar-refractivity contribution < 1.29 is 4.79 Å². The molecule has 0 aliphatic heterocycles. The van der Waals surface area contributed by atoms with Crippen molar-refractivity contribution >= 4 is 5.91 Å². The number of rotatable bonds is 9. The van der Waals surface area contributed by atoms with Gasteiger partial charge in [0.2, 0.25) is 5.91 Å². The molecule has 1 aliphatic carbocycles. The van der Waals surface area contributed by atoms with Gasteiger partial charge in [0.05, 0.1) is 0 Å². The molecule has 2 N–H and O–H groups in total. The van der Waals surface area contributed by atoms with Crippen molar-refractivity contribution in [1.29, 1.82) is 0 Å². The Hall–Kier alpha value is -1.35. The van der Waals surface area contributed by atoms with E-state index in [4.69, 9.17) is 5.73 Å². The molecule has 1 saturated carbocycles. The monoisotopic (exact) mass is 302 g/mol. The zero-order valence-electron chi connectivity index (χ0n) is 14.1. The minimum atomic E-state index is 0.327. The number of hydrogen-bond donors (Lipinski definition) is 1. The number of hydrogen-bond acceptors (Lipinski definition) is 2. The van der Waals surface area contributed by atoms with Crippen molar-refractivity contribution in [2.45, 2.75) is 71.4 Å². The molecule has 122 valence electrons. The van der Waals surface area contributed by atoms with E-state index in [1.807, 2.05) is 0 Å². The first-order valence-electron chi connectivity index (χ1n) is 8.67. The van der Waals surface area contributed by atoms with E-state index >= 15 is 0 Å². The smallest absolute Gasteiger partial charge is 0.223 e. The number of nitrogens with zero attached hydrogens (tertiary/aromatic N) is 1. The molecule has 2 rings (SSSR count). The Morgan fingerprint density at radius 2 is 1.86 bits per heavy atom. The maximum absolute atomic E-state index is 12.5. The van der Waals surface area contributed by atoms with Gasteiger partial charge in [-0.2, -0.15) is 0 Å². The van der Waals surface area contributed by atoms with Crippen LogP contribution in [0.3, 0.4) is 0 Å². The van der Waals surface area contributed by atoms with Crippen LogP contribution < -0.4 is 5.73 Å². The molecule has 0 aromatic heterocycles. The van der Waals surface area contributed by atoms with Crippen LogP contribution in [-0.2, 0) is 11.3 Å². The molecule has 1 amide bonds. The molecular weight excluding hydrogens is 272 g/mol. The first-order valence-corrected chi connectivity index (χ1v) is 8.67. The molecule has 1 fully saturated rings. The number of nitrogens with two attached hydrogens (primary N) is 1. The highest BCUT2D eigenvalue weighted by Crippen LogP contribution is 2.29. The highest BCUT2D eigenvalue weighted by Gasteiger charge is 2.32. The summed E-state index contributed by atoms with van der Waals surface area (Å²) in [6, 6.07) is 7.02. The average Bonchev–Trinajstić information content (AvgIpc) is 3.32. The highest BCUT2D eigenvalue weighted by molar-refractivity contribution is 5.76. The number of aryl methyl sites for hydroxylation is 2. The minimum absolute atomic E-state index is 0.327. The number of carbonyl (C=O) groups excluding carboxylic acids is 1. The minimum Gasteiger partial charge on any atom is -0.335 e. The lowest BCUT2D eigenvalue weighted by atomic mass is 10.1.